The molecule has 2 heterocycles. The lowest BCUT2D eigenvalue weighted by molar-refractivity contribution is -0.133. The van der Waals surface area contributed by atoms with E-state index in [2.05, 4.69) is 13.8 Å². The van der Waals surface area contributed by atoms with Gasteiger partial charge in [0.05, 0.1) is 17.9 Å². The molecule has 1 fully saturated rings. The minimum Gasteiger partial charge on any atom is -0.486 e. The van der Waals surface area contributed by atoms with Crippen molar-refractivity contribution in [3.05, 3.63) is 18.2 Å². The maximum atomic E-state index is 12.9. The molecule has 0 N–H and O–H groups in total. The van der Waals surface area contributed by atoms with E-state index in [0.29, 0.717) is 63.4 Å². The Morgan fingerprint density at radius 3 is 2.46 bits per heavy atom. The smallest absolute Gasteiger partial charge is 0.243 e. The fraction of sp³-hybridized carbons (Fsp3) is 0.632. The third kappa shape index (κ3) is 4.95. The van der Waals surface area contributed by atoms with Gasteiger partial charge in [-0.15, -0.1) is 0 Å². The van der Waals surface area contributed by atoms with E-state index in [0.717, 1.165) is 0 Å². The zero-order valence-electron chi connectivity index (χ0n) is 16.4. The molecule has 0 atom stereocenters. The van der Waals surface area contributed by atoms with Gasteiger partial charge in [-0.3, -0.25) is 4.79 Å². The van der Waals surface area contributed by atoms with E-state index in [9.17, 15) is 13.2 Å². The topological polar surface area (TPSA) is 85.4 Å². The summed E-state index contributed by atoms with van der Waals surface area (Å²) in [7, 11) is -3.64. The van der Waals surface area contributed by atoms with Crippen molar-refractivity contribution in [3.63, 3.8) is 0 Å². The maximum Gasteiger partial charge on any atom is 0.243 e. The first-order chi connectivity index (χ1) is 13.4. The van der Waals surface area contributed by atoms with Crippen molar-refractivity contribution in [3.8, 4) is 11.5 Å². The summed E-state index contributed by atoms with van der Waals surface area (Å²) in [5.41, 5.74) is 0. The van der Waals surface area contributed by atoms with E-state index >= 15 is 0 Å². The first-order valence-electron chi connectivity index (χ1n) is 9.63. The molecule has 1 aromatic carbocycles. The predicted octanol–water partition coefficient (Wildman–Crippen LogP) is 1.35. The Labute approximate surface area is 166 Å². The van der Waals surface area contributed by atoms with Gasteiger partial charge < -0.3 is 19.1 Å². The molecule has 1 saturated heterocycles. The highest BCUT2D eigenvalue weighted by Crippen LogP contribution is 2.33. The van der Waals surface area contributed by atoms with Crippen LogP contribution >= 0.6 is 0 Å². The average Bonchev–Trinajstić information content (AvgIpc) is 2.70. The van der Waals surface area contributed by atoms with Crippen molar-refractivity contribution < 1.29 is 27.4 Å². The average molecular weight is 413 g/mol. The van der Waals surface area contributed by atoms with Crippen LogP contribution in [0.1, 0.15) is 20.3 Å². The molecule has 0 radical (unpaired) electrons. The van der Waals surface area contributed by atoms with Crippen molar-refractivity contribution in [1.82, 2.24) is 9.21 Å². The Bertz CT molecular complexity index is 788. The van der Waals surface area contributed by atoms with Gasteiger partial charge in [-0.05, 0) is 18.1 Å². The fourth-order valence-corrected chi connectivity index (χ4v) is 4.59. The van der Waals surface area contributed by atoms with Gasteiger partial charge in [-0.1, -0.05) is 13.8 Å². The number of piperazine rings is 1. The Balaban J connectivity index is 1.54. The molecule has 0 unspecified atom stereocenters. The van der Waals surface area contributed by atoms with Gasteiger partial charge >= 0.3 is 0 Å². The largest absolute Gasteiger partial charge is 0.486 e. The zero-order valence-corrected chi connectivity index (χ0v) is 17.2. The van der Waals surface area contributed by atoms with Crippen molar-refractivity contribution in [2.45, 2.75) is 25.2 Å². The van der Waals surface area contributed by atoms with Crippen molar-refractivity contribution in [2.24, 2.45) is 5.92 Å². The highest BCUT2D eigenvalue weighted by atomic mass is 32.2. The number of hydrogen-bond donors (Lipinski definition) is 0. The maximum absolute atomic E-state index is 12.9. The molecule has 2 aliphatic heterocycles. The molecule has 0 aliphatic carbocycles. The lowest BCUT2D eigenvalue weighted by atomic mass is 10.2. The molecule has 156 valence electrons. The molecule has 28 heavy (non-hydrogen) atoms. The highest BCUT2D eigenvalue weighted by Gasteiger charge is 2.31. The third-order valence-electron chi connectivity index (χ3n) is 4.65. The number of fused-ring (bicyclic) bond motifs is 1. The van der Waals surface area contributed by atoms with Gasteiger partial charge in [0.1, 0.15) is 13.2 Å². The van der Waals surface area contributed by atoms with Gasteiger partial charge in [0, 0.05) is 38.9 Å². The van der Waals surface area contributed by atoms with E-state index in [1.165, 1.54) is 16.4 Å². The van der Waals surface area contributed by atoms with E-state index in [-0.39, 0.29) is 23.9 Å². The molecule has 9 heteroatoms. The second-order valence-electron chi connectivity index (χ2n) is 7.31. The van der Waals surface area contributed by atoms with Crippen molar-refractivity contribution in [1.29, 1.82) is 0 Å². The Morgan fingerprint density at radius 2 is 1.79 bits per heavy atom. The number of hydrogen-bond acceptors (Lipinski definition) is 6. The van der Waals surface area contributed by atoms with Crippen LogP contribution in [0.2, 0.25) is 0 Å². The van der Waals surface area contributed by atoms with Gasteiger partial charge in [0.2, 0.25) is 15.9 Å². The van der Waals surface area contributed by atoms with Gasteiger partial charge in [-0.25, -0.2) is 8.42 Å². The summed E-state index contributed by atoms with van der Waals surface area (Å²) >= 11 is 0. The Morgan fingerprint density at radius 1 is 1.11 bits per heavy atom. The minimum atomic E-state index is -3.64. The number of nitrogens with zero attached hydrogens (tertiary/aromatic N) is 2. The van der Waals surface area contributed by atoms with Crippen LogP contribution in [0.15, 0.2) is 23.1 Å². The molecule has 1 aromatic rings. The molecule has 0 aromatic heterocycles. The summed E-state index contributed by atoms with van der Waals surface area (Å²) in [6.45, 7) is 7.31. The Hall–Kier alpha value is -1.84. The van der Waals surface area contributed by atoms with Crippen LogP contribution in [0, 0.1) is 5.92 Å². The van der Waals surface area contributed by atoms with Gasteiger partial charge in [0.15, 0.2) is 11.5 Å². The third-order valence-corrected chi connectivity index (χ3v) is 6.55. The molecule has 3 rings (SSSR count). The zero-order chi connectivity index (χ0) is 20.1. The molecule has 8 nitrogen and oxygen atoms in total. The summed E-state index contributed by atoms with van der Waals surface area (Å²) in [5, 5.41) is 0. The van der Waals surface area contributed by atoms with Crippen LogP contribution in [-0.2, 0) is 19.6 Å². The summed E-state index contributed by atoms with van der Waals surface area (Å²) < 4.78 is 43.7. The number of ether oxygens (including phenoxy) is 3. The highest BCUT2D eigenvalue weighted by molar-refractivity contribution is 7.89. The van der Waals surface area contributed by atoms with E-state index in [1.807, 2.05) is 0 Å². The second kappa shape index (κ2) is 9.11. The SMILES string of the molecule is CC(C)COCCC(=O)N1CCN(S(=O)(=O)c2ccc3c(c2)OCCO3)CC1. The summed E-state index contributed by atoms with van der Waals surface area (Å²) in [5.74, 6) is 1.44. The molecule has 0 bridgehead atoms. The Kier molecular flexibility index (Phi) is 6.79. The molecule has 1 amide bonds. The first kappa shape index (κ1) is 20.9. The predicted molar refractivity (Wildman–Crippen MR) is 103 cm³/mol. The van der Waals surface area contributed by atoms with Crippen LogP contribution < -0.4 is 9.47 Å². The number of rotatable bonds is 7. The lowest BCUT2D eigenvalue weighted by Gasteiger charge is -2.34. The van der Waals surface area contributed by atoms with Crippen molar-refractivity contribution in [2.75, 3.05) is 52.6 Å². The molecule has 2 aliphatic rings. The molecule has 0 saturated carbocycles. The molecular formula is C19H28N2O6S. The van der Waals surface area contributed by atoms with Crippen LogP contribution in [0.3, 0.4) is 0 Å². The monoisotopic (exact) mass is 412 g/mol. The van der Waals surface area contributed by atoms with E-state index in [4.69, 9.17) is 14.2 Å². The standard InChI is InChI=1S/C19H28N2O6S/c1-15(2)14-25-10-5-19(22)20-6-8-21(9-7-20)28(23,24)16-3-4-17-18(13-16)27-12-11-26-17/h3-4,13,15H,5-12,14H2,1-2H3. The van der Waals surface area contributed by atoms with Crippen LogP contribution in [-0.4, -0.2) is 76.1 Å². The lowest BCUT2D eigenvalue weighted by Crippen LogP contribution is -2.50. The fourth-order valence-electron chi connectivity index (χ4n) is 3.15. The number of carbonyl (C=O) groups is 1. The van der Waals surface area contributed by atoms with Crippen LogP contribution in [0.25, 0.3) is 0 Å². The minimum absolute atomic E-state index is 0.000124. The first-order valence-corrected chi connectivity index (χ1v) is 11.1. The van der Waals surface area contributed by atoms with Crippen LogP contribution in [0.5, 0.6) is 11.5 Å². The van der Waals surface area contributed by atoms with E-state index < -0.39 is 10.0 Å². The quantitative estimate of drug-likeness (QED) is 0.629. The second-order valence-corrected chi connectivity index (χ2v) is 9.25. The summed E-state index contributed by atoms with van der Waals surface area (Å²) in [6.07, 6.45) is 0.321. The number of benzene rings is 1. The van der Waals surface area contributed by atoms with Crippen molar-refractivity contribution >= 4 is 15.9 Å². The number of sulfonamides is 1. The summed E-state index contributed by atoms with van der Waals surface area (Å²) in [4.78, 5) is 14.2. The van der Waals surface area contributed by atoms with Gasteiger partial charge in [-0.2, -0.15) is 4.31 Å². The van der Waals surface area contributed by atoms with Gasteiger partial charge in [0.25, 0.3) is 0 Å². The molecular weight excluding hydrogens is 384 g/mol. The van der Waals surface area contributed by atoms with E-state index in [1.54, 1.807) is 11.0 Å². The normalized spacial score (nSPS) is 17.8. The number of amides is 1. The molecule has 0 spiro atoms. The number of carbonyl (C=O) groups excluding carboxylic acids is 1. The summed E-state index contributed by atoms with van der Waals surface area (Å²) in [6, 6.07) is 4.66. The van der Waals surface area contributed by atoms with Crippen LogP contribution in [0.4, 0.5) is 0 Å².